The fourth-order valence-corrected chi connectivity index (χ4v) is 0.807. The van der Waals surface area contributed by atoms with Gasteiger partial charge in [-0.15, -0.1) is 0 Å². The molecule has 4 N–H and O–H groups in total. The average Bonchev–Trinajstić information content (AvgIpc) is 2.01. The molecule has 1 aromatic carbocycles. The quantitative estimate of drug-likeness (QED) is 0.449. The number of nitrogens with two attached hydrogens (primary N) is 1. The van der Waals surface area contributed by atoms with Gasteiger partial charge in [-0.1, -0.05) is 13.0 Å². The maximum Gasteiger partial charge on any atom is 0.0508 e. The topological polar surface area (TPSA) is 50.1 Å². The first-order valence-electron chi connectivity index (χ1n) is 3.67. The molecule has 1 rings (SSSR count). The van der Waals surface area contributed by atoms with Crippen molar-refractivity contribution in [3.63, 3.8) is 0 Å². The average molecular weight is 151 g/mol. The van der Waals surface area contributed by atoms with E-state index >= 15 is 0 Å². The van der Waals surface area contributed by atoms with Gasteiger partial charge in [-0.25, -0.2) is 5.43 Å². The van der Waals surface area contributed by atoms with Crippen molar-refractivity contribution in [2.75, 3.05) is 17.7 Å². The summed E-state index contributed by atoms with van der Waals surface area (Å²) in [7, 11) is 0. The van der Waals surface area contributed by atoms with Crippen LogP contribution in [-0.4, -0.2) is 6.54 Å². The second kappa shape index (κ2) is 3.83. The molecule has 0 atom stereocenters. The van der Waals surface area contributed by atoms with E-state index in [0.29, 0.717) is 0 Å². The standard InChI is InChI=1S/C8H13N3/c1-2-10-11-8-5-3-4-7(9)6-8/h3-6,10-11H,2,9H2,1H3. The highest BCUT2D eigenvalue weighted by Gasteiger charge is 1.88. The molecule has 0 amide bonds. The SMILES string of the molecule is CCNNc1cccc(N)c1. The molecule has 3 heteroatoms. The van der Waals surface area contributed by atoms with Gasteiger partial charge in [0.15, 0.2) is 0 Å². The minimum absolute atomic E-state index is 0.771. The molecular weight excluding hydrogens is 138 g/mol. The molecule has 60 valence electrons. The van der Waals surface area contributed by atoms with E-state index in [-0.39, 0.29) is 0 Å². The molecule has 0 fully saturated rings. The van der Waals surface area contributed by atoms with Crippen LogP contribution in [0.2, 0.25) is 0 Å². The van der Waals surface area contributed by atoms with E-state index in [1.54, 1.807) is 0 Å². The molecule has 0 saturated carbocycles. The molecule has 0 aliphatic carbocycles. The first-order valence-corrected chi connectivity index (χ1v) is 3.67. The molecule has 0 saturated heterocycles. The van der Waals surface area contributed by atoms with Crippen LogP contribution in [0.4, 0.5) is 11.4 Å². The number of hydrazine groups is 1. The van der Waals surface area contributed by atoms with E-state index in [2.05, 4.69) is 10.9 Å². The lowest BCUT2D eigenvalue weighted by Crippen LogP contribution is -2.20. The van der Waals surface area contributed by atoms with Gasteiger partial charge in [-0.05, 0) is 18.2 Å². The van der Waals surface area contributed by atoms with E-state index in [0.717, 1.165) is 17.9 Å². The van der Waals surface area contributed by atoms with E-state index in [1.165, 1.54) is 0 Å². The summed E-state index contributed by atoms with van der Waals surface area (Å²) in [6, 6.07) is 7.60. The van der Waals surface area contributed by atoms with Gasteiger partial charge in [-0.2, -0.15) is 0 Å². The lowest BCUT2D eigenvalue weighted by atomic mass is 10.3. The lowest BCUT2D eigenvalue weighted by Gasteiger charge is -2.05. The maximum absolute atomic E-state index is 5.56. The minimum Gasteiger partial charge on any atom is -0.399 e. The molecule has 11 heavy (non-hydrogen) atoms. The molecule has 1 aromatic rings. The van der Waals surface area contributed by atoms with Crippen LogP contribution >= 0.6 is 0 Å². The molecule has 0 heterocycles. The zero-order valence-corrected chi connectivity index (χ0v) is 6.59. The third-order valence-electron chi connectivity index (χ3n) is 1.30. The number of rotatable bonds is 3. The molecule has 0 aliphatic rings. The molecule has 0 aliphatic heterocycles. The Morgan fingerprint density at radius 1 is 1.45 bits per heavy atom. The van der Waals surface area contributed by atoms with Crippen LogP contribution in [0.1, 0.15) is 6.92 Å². The Kier molecular flexibility index (Phi) is 2.74. The molecule has 0 bridgehead atoms. The van der Waals surface area contributed by atoms with Gasteiger partial charge in [0.1, 0.15) is 0 Å². The lowest BCUT2D eigenvalue weighted by molar-refractivity contribution is 0.844. The summed E-state index contributed by atoms with van der Waals surface area (Å²) in [5, 5.41) is 0. The summed E-state index contributed by atoms with van der Waals surface area (Å²) in [6.07, 6.45) is 0. The second-order valence-electron chi connectivity index (χ2n) is 2.28. The van der Waals surface area contributed by atoms with Crippen molar-refractivity contribution in [3.05, 3.63) is 24.3 Å². The fraction of sp³-hybridized carbons (Fsp3) is 0.250. The van der Waals surface area contributed by atoms with Crippen molar-refractivity contribution in [2.45, 2.75) is 6.92 Å². The van der Waals surface area contributed by atoms with E-state index < -0.39 is 0 Å². The Morgan fingerprint density at radius 2 is 2.27 bits per heavy atom. The Morgan fingerprint density at radius 3 is 2.91 bits per heavy atom. The van der Waals surface area contributed by atoms with E-state index in [4.69, 9.17) is 5.73 Å². The highest BCUT2D eigenvalue weighted by Crippen LogP contribution is 2.09. The predicted molar refractivity (Wildman–Crippen MR) is 48.2 cm³/mol. The van der Waals surface area contributed by atoms with Crippen LogP contribution in [0, 0.1) is 0 Å². The van der Waals surface area contributed by atoms with Gasteiger partial charge in [0.2, 0.25) is 0 Å². The summed E-state index contributed by atoms with van der Waals surface area (Å²) >= 11 is 0. The molecule has 0 radical (unpaired) electrons. The Balaban J connectivity index is 2.56. The zero-order chi connectivity index (χ0) is 8.10. The van der Waals surface area contributed by atoms with Gasteiger partial charge in [0, 0.05) is 12.2 Å². The predicted octanol–water partition coefficient (Wildman–Crippen LogP) is 1.21. The molecule has 0 unspecified atom stereocenters. The number of nitrogen functional groups attached to an aromatic ring is 1. The summed E-state index contributed by atoms with van der Waals surface area (Å²) in [6.45, 7) is 2.91. The third kappa shape index (κ3) is 2.47. The molecule has 0 spiro atoms. The highest BCUT2D eigenvalue weighted by molar-refractivity contribution is 5.53. The monoisotopic (exact) mass is 151 g/mol. The molecule has 3 nitrogen and oxygen atoms in total. The van der Waals surface area contributed by atoms with Crippen LogP contribution in [0.15, 0.2) is 24.3 Å². The Hall–Kier alpha value is -1.22. The van der Waals surface area contributed by atoms with Crippen LogP contribution in [0.5, 0.6) is 0 Å². The molecule has 0 aromatic heterocycles. The fourth-order valence-electron chi connectivity index (χ4n) is 0.807. The summed E-state index contributed by atoms with van der Waals surface area (Å²) < 4.78 is 0. The van der Waals surface area contributed by atoms with Gasteiger partial charge < -0.3 is 11.2 Å². The van der Waals surface area contributed by atoms with Crippen LogP contribution in [0.3, 0.4) is 0 Å². The van der Waals surface area contributed by atoms with Crippen LogP contribution in [-0.2, 0) is 0 Å². The smallest absolute Gasteiger partial charge is 0.0508 e. The largest absolute Gasteiger partial charge is 0.399 e. The zero-order valence-electron chi connectivity index (χ0n) is 6.59. The van der Waals surface area contributed by atoms with Gasteiger partial charge in [-0.3, -0.25) is 0 Å². The number of nitrogens with one attached hydrogen (secondary N) is 2. The first-order chi connectivity index (χ1) is 5.33. The number of benzene rings is 1. The summed E-state index contributed by atoms with van der Waals surface area (Å²) in [4.78, 5) is 0. The Bertz CT molecular complexity index is 222. The summed E-state index contributed by atoms with van der Waals surface area (Å²) in [5.41, 5.74) is 13.3. The maximum atomic E-state index is 5.56. The molecular formula is C8H13N3. The Labute approximate surface area is 66.6 Å². The van der Waals surface area contributed by atoms with Crippen molar-refractivity contribution in [1.29, 1.82) is 0 Å². The van der Waals surface area contributed by atoms with Crippen LogP contribution in [0.25, 0.3) is 0 Å². The minimum atomic E-state index is 0.771. The van der Waals surface area contributed by atoms with Gasteiger partial charge in [0.05, 0.1) is 5.69 Å². The van der Waals surface area contributed by atoms with Crippen LogP contribution < -0.4 is 16.6 Å². The normalized spacial score (nSPS) is 9.55. The van der Waals surface area contributed by atoms with Gasteiger partial charge >= 0.3 is 0 Å². The second-order valence-corrected chi connectivity index (χ2v) is 2.28. The number of hydrogen-bond acceptors (Lipinski definition) is 3. The van der Waals surface area contributed by atoms with Crippen molar-refractivity contribution in [3.8, 4) is 0 Å². The van der Waals surface area contributed by atoms with Crippen molar-refractivity contribution < 1.29 is 0 Å². The number of anilines is 2. The first kappa shape index (κ1) is 7.88. The van der Waals surface area contributed by atoms with E-state index in [9.17, 15) is 0 Å². The highest BCUT2D eigenvalue weighted by atomic mass is 15.3. The van der Waals surface area contributed by atoms with Crippen molar-refractivity contribution in [1.82, 2.24) is 5.43 Å². The summed E-state index contributed by atoms with van der Waals surface area (Å²) in [5.74, 6) is 0. The van der Waals surface area contributed by atoms with E-state index in [1.807, 2.05) is 31.2 Å². The van der Waals surface area contributed by atoms with Gasteiger partial charge in [0.25, 0.3) is 0 Å². The van der Waals surface area contributed by atoms with Crippen molar-refractivity contribution in [2.24, 2.45) is 0 Å². The third-order valence-corrected chi connectivity index (χ3v) is 1.30. The number of hydrogen-bond donors (Lipinski definition) is 3. The van der Waals surface area contributed by atoms with Crippen molar-refractivity contribution >= 4 is 11.4 Å².